The molecule has 25 heavy (non-hydrogen) atoms. The van der Waals surface area contributed by atoms with E-state index in [0.29, 0.717) is 16.8 Å². The molecule has 3 rings (SSSR count). The fourth-order valence-electron chi connectivity index (χ4n) is 2.70. The first-order valence-electron chi connectivity index (χ1n) is 7.44. The molecule has 1 aliphatic rings. The van der Waals surface area contributed by atoms with Crippen LogP contribution in [-0.2, 0) is 4.79 Å². The molecule has 134 valence electrons. The third-order valence-corrected chi connectivity index (χ3v) is 5.46. The number of fused-ring (bicyclic) bond motifs is 2. The SMILES string of the molecule is Br.CS(C)(Br)CC(=O)CCN1C(=O)c2cc3ccccc3nc2C1=O. The Morgan fingerprint density at radius 1 is 1.20 bits per heavy atom. The van der Waals surface area contributed by atoms with E-state index in [1.54, 1.807) is 12.1 Å². The first-order valence-corrected chi connectivity index (χ1v) is 11.9. The lowest BCUT2D eigenvalue weighted by Crippen LogP contribution is -2.32. The number of hydrogen-bond acceptors (Lipinski definition) is 4. The highest BCUT2D eigenvalue weighted by Crippen LogP contribution is 2.47. The maximum absolute atomic E-state index is 12.5. The summed E-state index contributed by atoms with van der Waals surface area (Å²) in [5, 5.41) is 0.819. The number of rotatable bonds is 5. The number of amides is 2. The van der Waals surface area contributed by atoms with Crippen molar-refractivity contribution in [3.8, 4) is 0 Å². The van der Waals surface area contributed by atoms with Gasteiger partial charge in [-0.1, -0.05) is 18.2 Å². The largest absolute Gasteiger partial charge is 0.299 e. The highest BCUT2D eigenvalue weighted by atomic mass is 79.9. The summed E-state index contributed by atoms with van der Waals surface area (Å²) < 4.78 is 0. The lowest BCUT2D eigenvalue weighted by molar-refractivity contribution is -0.116. The molecule has 0 N–H and O–H groups in total. The number of imide groups is 1. The average molecular weight is 490 g/mol. The Balaban J connectivity index is 0.00000225. The molecule has 0 aliphatic carbocycles. The van der Waals surface area contributed by atoms with E-state index in [2.05, 4.69) is 19.8 Å². The minimum atomic E-state index is -1.11. The first-order chi connectivity index (χ1) is 11.3. The molecule has 0 radical (unpaired) electrons. The molecule has 2 amide bonds. The molecule has 1 aliphatic heterocycles. The van der Waals surface area contributed by atoms with Crippen molar-refractivity contribution in [1.29, 1.82) is 0 Å². The zero-order valence-corrected chi connectivity index (χ0v) is 17.9. The summed E-state index contributed by atoms with van der Waals surface area (Å²) in [5.41, 5.74) is 1.18. The smallest absolute Gasteiger partial charge is 0.280 e. The van der Waals surface area contributed by atoms with Gasteiger partial charge in [-0.25, -0.2) is 4.98 Å². The lowest BCUT2D eigenvalue weighted by atomic mass is 10.1. The quantitative estimate of drug-likeness (QED) is 0.600. The van der Waals surface area contributed by atoms with Crippen molar-refractivity contribution in [2.45, 2.75) is 6.42 Å². The number of ketones is 1. The second-order valence-electron chi connectivity index (χ2n) is 6.18. The van der Waals surface area contributed by atoms with E-state index in [1.807, 2.05) is 30.7 Å². The van der Waals surface area contributed by atoms with Crippen molar-refractivity contribution in [3.05, 3.63) is 41.6 Å². The highest BCUT2D eigenvalue weighted by molar-refractivity contribution is 9.58. The molecule has 2 aromatic rings. The van der Waals surface area contributed by atoms with Crippen LogP contribution in [0.2, 0.25) is 0 Å². The van der Waals surface area contributed by atoms with Crippen LogP contribution in [0.4, 0.5) is 0 Å². The van der Waals surface area contributed by atoms with Gasteiger partial charge in [-0.05, 0) is 39.5 Å². The van der Waals surface area contributed by atoms with Gasteiger partial charge in [-0.15, -0.1) is 17.0 Å². The van der Waals surface area contributed by atoms with Crippen LogP contribution in [0, 0.1) is 0 Å². The normalized spacial score (nSPS) is 14.4. The molecule has 0 unspecified atom stereocenters. The minimum absolute atomic E-state index is 0. The van der Waals surface area contributed by atoms with Gasteiger partial charge in [0.05, 0.1) is 11.1 Å². The number of Topliss-reactive ketones (excluding diaryl/α,β-unsaturated/α-hetero) is 1. The second-order valence-corrected chi connectivity index (χ2v) is 14.5. The third-order valence-electron chi connectivity index (χ3n) is 3.77. The van der Waals surface area contributed by atoms with E-state index >= 15 is 0 Å². The summed E-state index contributed by atoms with van der Waals surface area (Å²) in [6, 6.07) is 9.06. The molecule has 8 heteroatoms. The lowest BCUT2D eigenvalue weighted by Gasteiger charge is -2.21. The Labute approximate surface area is 165 Å². The molecule has 2 heterocycles. The molecule has 0 atom stereocenters. The predicted molar refractivity (Wildman–Crippen MR) is 110 cm³/mol. The van der Waals surface area contributed by atoms with Crippen LogP contribution in [-0.4, -0.2) is 52.3 Å². The fraction of sp³-hybridized carbons (Fsp3) is 0.294. The van der Waals surface area contributed by atoms with Crippen LogP contribution in [0.1, 0.15) is 27.3 Å². The Hall–Kier alpha value is -1.25. The van der Waals surface area contributed by atoms with E-state index in [0.717, 1.165) is 10.3 Å². The fourth-order valence-corrected chi connectivity index (χ4v) is 4.38. The Kier molecular flexibility index (Phi) is 6.06. The van der Waals surface area contributed by atoms with Gasteiger partial charge in [0.1, 0.15) is 11.5 Å². The average Bonchev–Trinajstić information content (AvgIpc) is 2.73. The predicted octanol–water partition coefficient (Wildman–Crippen LogP) is 3.74. The maximum atomic E-state index is 12.5. The summed E-state index contributed by atoms with van der Waals surface area (Å²) in [5.74, 6) is -0.315. The number of halogens is 2. The van der Waals surface area contributed by atoms with Gasteiger partial charge in [0.15, 0.2) is 0 Å². The van der Waals surface area contributed by atoms with Crippen LogP contribution in [0.5, 0.6) is 0 Å². The van der Waals surface area contributed by atoms with Crippen LogP contribution in [0.15, 0.2) is 30.3 Å². The maximum Gasteiger partial charge on any atom is 0.280 e. The third kappa shape index (κ3) is 4.30. The number of hydrogen-bond donors (Lipinski definition) is 0. The van der Waals surface area contributed by atoms with Crippen LogP contribution in [0.25, 0.3) is 10.9 Å². The summed E-state index contributed by atoms with van der Waals surface area (Å²) in [4.78, 5) is 42.4. The molecule has 1 aromatic heterocycles. The molecular formula is C17H18Br2N2O3S. The van der Waals surface area contributed by atoms with Gasteiger partial charge in [0, 0.05) is 24.1 Å². The van der Waals surface area contributed by atoms with Gasteiger partial charge in [0.2, 0.25) is 0 Å². The van der Waals surface area contributed by atoms with Crippen LogP contribution in [0.3, 0.4) is 0 Å². The van der Waals surface area contributed by atoms with Crippen LogP contribution >= 0.6 is 40.3 Å². The summed E-state index contributed by atoms with van der Waals surface area (Å²) in [7, 11) is -1.11. The number of pyridine rings is 1. The van der Waals surface area contributed by atoms with Crippen molar-refractivity contribution in [2.75, 3.05) is 24.8 Å². The molecule has 0 saturated heterocycles. The molecule has 0 spiro atoms. The molecule has 1 aromatic carbocycles. The summed E-state index contributed by atoms with van der Waals surface area (Å²) in [6.07, 6.45) is 4.15. The molecule has 0 saturated carbocycles. The summed E-state index contributed by atoms with van der Waals surface area (Å²) >= 11 is 3.51. The van der Waals surface area contributed by atoms with Crippen molar-refractivity contribution in [3.63, 3.8) is 0 Å². The highest BCUT2D eigenvalue weighted by Gasteiger charge is 2.37. The topological polar surface area (TPSA) is 67.3 Å². The zero-order chi connectivity index (χ0) is 17.5. The number of carbonyl (C=O) groups excluding carboxylic acids is 3. The van der Waals surface area contributed by atoms with Crippen molar-refractivity contribution < 1.29 is 14.4 Å². The molecule has 0 fully saturated rings. The van der Waals surface area contributed by atoms with Gasteiger partial charge >= 0.3 is 0 Å². The Bertz CT molecular complexity index is 810. The molecular weight excluding hydrogens is 472 g/mol. The van der Waals surface area contributed by atoms with E-state index in [-0.39, 0.29) is 47.3 Å². The monoisotopic (exact) mass is 488 g/mol. The Morgan fingerprint density at radius 2 is 1.88 bits per heavy atom. The molecule has 5 nitrogen and oxygen atoms in total. The van der Waals surface area contributed by atoms with Gasteiger partial charge in [-0.3, -0.25) is 19.3 Å². The van der Waals surface area contributed by atoms with Crippen molar-refractivity contribution >= 4 is 68.8 Å². The number of aromatic nitrogens is 1. The summed E-state index contributed by atoms with van der Waals surface area (Å²) in [6.45, 7) is 0.103. The van der Waals surface area contributed by atoms with E-state index in [9.17, 15) is 14.4 Å². The zero-order valence-electron chi connectivity index (χ0n) is 13.8. The number of carbonyl (C=O) groups is 3. The van der Waals surface area contributed by atoms with Gasteiger partial charge in [0.25, 0.3) is 11.8 Å². The van der Waals surface area contributed by atoms with E-state index in [4.69, 9.17) is 0 Å². The van der Waals surface area contributed by atoms with Gasteiger partial charge < -0.3 is 0 Å². The van der Waals surface area contributed by atoms with Crippen LogP contribution < -0.4 is 0 Å². The van der Waals surface area contributed by atoms with E-state index in [1.165, 1.54) is 0 Å². The van der Waals surface area contributed by atoms with Crippen molar-refractivity contribution in [1.82, 2.24) is 9.88 Å². The number of para-hydroxylation sites is 1. The number of nitrogens with zero attached hydrogens (tertiary/aromatic N) is 2. The van der Waals surface area contributed by atoms with Crippen molar-refractivity contribution in [2.24, 2.45) is 0 Å². The van der Waals surface area contributed by atoms with Gasteiger partial charge in [-0.2, -0.15) is 8.46 Å². The standard InChI is InChI=1S/C17H17BrN2O3S.BrH/c1-24(2,18)10-12(21)7-8-20-16(22)13-9-11-5-3-4-6-14(11)19-15(13)17(20)23;/h3-6,9H,7-8,10H2,1-2H3;1H. The first kappa shape index (κ1) is 20.1. The minimum Gasteiger partial charge on any atom is -0.299 e. The second kappa shape index (κ2) is 7.55. The van der Waals surface area contributed by atoms with E-state index < -0.39 is 14.4 Å². The number of benzene rings is 1. The molecule has 0 bridgehead atoms. The Morgan fingerprint density at radius 3 is 2.56 bits per heavy atom.